The van der Waals surface area contributed by atoms with Gasteiger partial charge in [0.25, 0.3) is 0 Å². The van der Waals surface area contributed by atoms with Crippen molar-refractivity contribution in [3.05, 3.63) is 53.6 Å². The van der Waals surface area contributed by atoms with Gasteiger partial charge in [-0.05, 0) is 48.6 Å². The van der Waals surface area contributed by atoms with Crippen LogP contribution in [0.25, 0.3) is 0 Å². The van der Waals surface area contributed by atoms with Gasteiger partial charge in [0.2, 0.25) is 15.9 Å². The highest BCUT2D eigenvalue weighted by molar-refractivity contribution is 8.00. The topological polar surface area (TPSA) is 66.5 Å². The quantitative estimate of drug-likeness (QED) is 0.824. The number of anilines is 1. The number of hydrogen-bond acceptors (Lipinski definition) is 4. The lowest BCUT2D eigenvalue weighted by Gasteiger charge is -2.32. The Morgan fingerprint density at radius 3 is 2.79 bits per heavy atom. The number of sulfonamides is 1. The fourth-order valence-corrected chi connectivity index (χ4v) is 6.38. The van der Waals surface area contributed by atoms with Crippen LogP contribution in [0.2, 0.25) is 0 Å². The molecule has 28 heavy (non-hydrogen) atoms. The number of thioether (sulfide) groups is 1. The minimum atomic E-state index is -3.70. The molecule has 1 aliphatic heterocycles. The van der Waals surface area contributed by atoms with Crippen molar-refractivity contribution in [2.45, 2.75) is 54.2 Å². The van der Waals surface area contributed by atoms with E-state index in [1.165, 1.54) is 12.5 Å². The molecular formula is C21H24N2O3S2. The highest BCUT2D eigenvalue weighted by Crippen LogP contribution is 2.40. The summed E-state index contributed by atoms with van der Waals surface area (Å²) in [5.74, 6) is -0.0721. The van der Waals surface area contributed by atoms with Crippen molar-refractivity contribution in [1.29, 1.82) is 0 Å². The normalized spacial score (nSPS) is 21.7. The van der Waals surface area contributed by atoms with Crippen LogP contribution in [0.5, 0.6) is 0 Å². The maximum Gasteiger partial charge on any atom is 0.241 e. The third kappa shape index (κ3) is 3.71. The summed E-state index contributed by atoms with van der Waals surface area (Å²) >= 11 is 1.67. The molecule has 7 heteroatoms. The zero-order valence-electron chi connectivity index (χ0n) is 16.0. The van der Waals surface area contributed by atoms with Gasteiger partial charge in [0, 0.05) is 29.7 Å². The zero-order chi connectivity index (χ0) is 19.9. The minimum Gasteiger partial charge on any atom is -0.310 e. The molecule has 0 spiro atoms. The van der Waals surface area contributed by atoms with Gasteiger partial charge in [0.05, 0.1) is 10.6 Å². The van der Waals surface area contributed by atoms with Gasteiger partial charge in [0.1, 0.15) is 0 Å². The van der Waals surface area contributed by atoms with Gasteiger partial charge in [0.15, 0.2) is 0 Å². The molecule has 1 amide bonds. The first-order chi connectivity index (χ1) is 13.3. The average Bonchev–Trinajstić information content (AvgIpc) is 2.67. The van der Waals surface area contributed by atoms with Crippen LogP contribution in [-0.2, 0) is 21.2 Å². The first kappa shape index (κ1) is 19.5. The summed E-state index contributed by atoms with van der Waals surface area (Å²) in [5.41, 5.74) is 2.95. The van der Waals surface area contributed by atoms with Gasteiger partial charge in [-0.3, -0.25) is 4.79 Å². The van der Waals surface area contributed by atoms with E-state index in [-0.39, 0.29) is 22.1 Å². The largest absolute Gasteiger partial charge is 0.310 e. The summed E-state index contributed by atoms with van der Waals surface area (Å²) in [6, 6.07) is 12.9. The van der Waals surface area contributed by atoms with Crippen LogP contribution in [0.1, 0.15) is 43.9 Å². The van der Waals surface area contributed by atoms with Crippen LogP contribution in [0, 0.1) is 0 Å². The zero-order valence-corrected chi connectivity index (χ0v) is 17.6. The number of nitrogens with zero attached hydrogens (tertiary/aromatic N) is 1. The van der Waals surface area contributed by atoms with Gasteiger partial charge >= 0.3 is 0 Å². The van der Waals surface area contributed by atoms with E-state index >= 15 is 0 Å². The van der Waals surface area contributed by atoms with Crippen molar-refractivity contribution < 1.29 is 13.2 Å². The molecule has 0 fully saturated rings. The summed E-state index contributed by atoms with van der Waals surface area (Å²) in [6.45, 7) is 4.17. The van der Waals surface area contributed by atoms with Crippen LogP contribution in [-0.4, -0.2) is 26.1 Å². The second kappa shape index (κ2) is 7.54. The van der Waals surface area contributed by atoms with E-state index in [9.17, 15) is 13.2 Å². The van der Waals surface area contributed by atoms with Crippen molar-refractivity contribution in [3.8, 4) is 0 Å². The molecule has 1 aliphatic carbocycles. The Labute approximate surface area is 170 Å². The molecule has 5 nitrogen and oxygen atoms in total. The Kier molecular flexibility index (Phi) is 5.24. The second-order valence-electron chi connectivity index (χ2n) is 7.45. The number of aryl methyl sites for hydroxylation is 1. The Hall–Kier alpha value is -1.83. The van der Waals surface area contributed by atoms with Crippen LogP contribution in [0.4, 0.5) is 5.69 Å². The first-order valence-electron chi connectivity index (χ1n) is 9.54. The molecule has 2 atom stereocenters. The second-order valence-corrected chi connectivity index (χ2v) is 10.6. The molecule has 0 radical (unpaired) electrons. The molecule has 0 unspecified atom stereocenters. The fraction of sp³-hybridized carbons (Fsp3) is 0.381. The van der Waals surface area contributed by atoms with E-state index in [0.29, 0.717) is 12.2 Å². The molecular weight excluding hydrogens is 392 g/mol. The molecule has 0 bridgehead atoms. The monoisotopic (exact) mass is 416 g/mol. The molecule has 0 saturated heterocycles. The maximum atomic E-state index is 13.1. The van der Waals surface area contributed by atoms with Gasteiger partial charge in [-0.15, -0.1) is 11.8 Å². The van der Waals surface area contributed by atoms with Gasteiger partial charge in [-0.2, -0.15) is 0 Å². The highest BCUT2D eigenvalue weighted by atomic mass is 32.2. The third-order valence-corrected chi connectivity index (χ3v) is 7.97. The lowest BCUT2D eigenvalue weighted by atomic mass is 9.88. The molecule has 2 aliphatic rings. The Morgan fingerprint density at radius 2 is 2.00 bits per heavy atom. The van der Waals surface area contributed by atoms with E-state index in [1.54, 1.807) is 28.8 Å². The van der Waals surface area contributed by atoms with Crippen LogP contribution in [0.15, 0.2) is 52.3 Å². The van der Waals surface area contributed by atoms with Crippen molar-refractivity contribution >= 4 is 33.4 Å². The van der Waals surface area contributed by atoms with Gasteiger partial charge in [-0.25, -0.2) is 13.1 Å². The van der Waals surface area contributed by atoms with Crippen molar-refractivity contribution in [2.75, 3.05) is 11.4 Å². The van der Waals surface area contributed by atoms with Gasteiger partial charge < -0.3 is 4.90 Å². The summed E-state index contributed by atoms with van der Waals surface area (Å²) in [5, 5.41) is 0.274. The number of carbonyl (C=O) groups is 1. The predicted molar refractivity (Wildman–Crippen MR) is 112 cm³/mol. The van der Waals surface area contributed by atoms with E-state index in [1.807, 2.05) is 24.3 Å². The molecule has 1 N–H and O–H groups in total. The summed E-state index contributed by atoms with van der Waals surface area (Å²) < 4.78 is 29.1. The molecule has 0 aromatic heterocycles. The standard InChI is InChI=1S/C21H24N2O3S2/c1-14-13-23(15(2)24)20-12-17(10-11-21(20)27-14)28(25,26)22-19-9-5-7-16-6-3-4-8-18(16)19/h3-4,6,8,10-12,14,19,22H,5,7,9,13H2,1-2H3/t14-,19-/m1/s1. The molecule has 2 aromatic rings. The number of fused-ring (bicyclic) bond motifs is 2. The number of hydrogen-bond donors (Lipinski definition) is 1. The SMILES string of the molecule is CC(=O)N1C[C@@H](C)Sc2ccc(S(=O)(=O)N[C@@H]3CCCc4ccccc43)cc21. The number of amides is 1. The van der Waals surface area contributed by atoms with Crippen LogP contribution >= 0.6 is 11.8 Å². The van der Waals surface area contributed by atoms with E-state index in [4.69, 9.17) is 0 Å². The van der Waals surface area contributed by atoms with Gasteiger partial charge in [-0.1, -0.05) is 31.2 Å². The molecule has 2 aromatic carbocycles. The molecule has 4 rings (SSSR count). The first-order valence-corrected chi connectivity index (χ1v) is 11.9. The summed E-state index contributed by atoms with van der Waals surface area (Å²) in [7, 11) is -3.70. The average molecular weight is 417 g/mol. The Morgan fingerprint density at radius 1 is 1.21 bits per heavy atom. The van der Waals surface area contributed by atoms with Crippen molar-refractivity contribution in [1.82, 2.24) is 4.72 Å². The van der Waals surface area contributed by atoms with Crippen LogP contribution in [0.3, 0.4) is 0 Å². The van der Waals surface area contributed by atoms with Crippen molar-refractivity contribution in [2.24, 2.45) is 0 Å². The smallest absolute Gasteiger partial charge is 0.241 e. The fourth-order valence-electron chi connectivity index (χ4n) is 4.01. The summed E-state index contributed by atoms with van der Waals surface area (Å²) in [6.07, 6.45) is 2.73. The highest BCUT2D eigenvalue weighted by Gasteiger charge is 2.29. The Bertz CT molecular complexity index is 1020. The lowest BCUT2D eigenvalue weighted by Crippen LogP contribution is -2.37. The van der Waals surface area contributed by atoms with Crippen LogP contribution < -0.4 is 9.62 Å². The summed E-state index contributed by atoms with van der Waals surface area (Å²) in [4.78, 5) is 14.9. The van der Waals surface area contributed by atoms with E-state index in [2.05, 4.69) is 17.7 Å². The number of rotatable bonds is 3. The molecule has 0 saturated carbocycles. The predicted octanol–water partition coefficient (Wildman–Crippen LogP) is 3.89. The van der Waals surface area contributed by atoms with E-state index in [0.717, 1.165) is 29.7 Å². The third-order valence-electron chi connectivity index (χ3n) is 5.35. The number of benzene rings is 2. The number of nitrogens with one attached hydrogen (secondary N) is 1. The van der Waals surface area contributed by atoms with E-state index < -0.39 is 10.0 Å². The molecule has 148 valence electrons. The number of carbonyl (C=O) groups excluding carboxylic acids is 1. The lowest BCUT2D eigenvalue weighted by molar-refractivity contribution is -0.116. The molecule has 1 heterocycles. The van der Waals surface area contributed by atoms with Crippen molar-refractivity contribution in [3.63, 3.8) is 0 Å². The Balaban J connectivity index is 1.66. The maximum absolute atomic E-state index is 13.1. The minimum absolute atomic E-state index is 0.0721.